The molecule has 1 fully saturated rings. The topological polar surface area (TPSA) is 24.5 Å². The monoisotopic (exact) mass is 276 g/mol. The van der Waals surface area contributed by atoms with E-state index in [9.17, 15) is 0 Å². The van der Waals surface area contributed by atoms with E-state index in [1.165, 1.54) is 18.5 Å². The van der Waals surface area contributed by atoms with Crippen molar-refractivity contribution in [2.24, 2.45) is 5.92 Å². The Labute approximate surface area is 123 Å². The molecule has 1 aliphatic heterocycles. The van der Waals surface area contributed by atoms with Gasteiger partial charge >= 0.3 is 0 Å². The number of rotatable bonds is 6. The number of ether oxygens (including phenoxy) is 1. The fourth-order valence-corrected chi connectivity index (χ4v) is 2.98. The molecule has 3 nitrogen and oxygen atoms in total. The van der Waals surface area contributed by atoms with E-state index in [1.807, 2.05) is 12.1 Å². The van der Waals surface area contributed by atoms with Crippen LogP contribution in [0.5, 0.6) is 5.75 Å². The molecule has 0 amide bonds. The fourth-order valence-electron chi connectivity index (χ4n) is 2.98. The predicted molar refractivity (Wildman–Crippen MR) is 84.4 cm³/mol. The van der Waals surface area contributed by atoms with Gasteiger partial charge in [-0.05, 0) is 50.9 Å². The van der Waals surface area contributed by atoms with Crippen molar-refractivity contribution < 1.29 is 4.74 Å². The van der Waals surface area contributed by atoms with Crippen molar-refractivity contribution in [3.05, 3.63) is 29.8 Å². The molecule has 1 N–H and O–H groups in total. The van der Waals surface area contributed by atoms with Crippen molar-refractivity contribution in [3.63, 3.8) is 0 Å². The second kappa shape index (κ2) is 7.09. The van der Waals surface area contributed by atoms with E-state index in [0.717, 1.165) is 24.6 Å². The summed E-state index contributed by atoms with van der Waals surface area (Å²) in [6.45, 7) is 6.94. The van der Waals surface area contributed by atoms with Crippen molar-refractivity contribution >= 4 is 0 Å². The minimum Gasteiger partial charge on any atom is -0.496 e. The second-order valence-corrected chi connectivity index (χ2v) is 6.13. The minimum absolute atomic E-state index is 0.515. The van der Waals surface area contributed by atoms with Crippen LogP contribution in [0.15, 0.2) is 24.3 Å². The Morgan fingerprint density at radius 1 is 1.40 bits per heavy atom. The molecule has 1 heterocycles. The maximum absolute atomic E-state index is 5.45. The van der Waals surface area contributed by atoms with Gasteiger partial charge < -0.3 is 15.0 Å². The van der Waals surface area contributed by atoms with Gasteiger partial charge in [0.15, 0.2) is 0 Å². The summed E-state index contributed by atoms with van der Waals surface area (Å²) in [5.41, 5.74) is 1.29. The zero-order chi connectivity index (χ0) is 14.5. The molecule has 3 heteroatoms. The first-order valence-electron chi connectivity index (χ1n) is 7.67. The normalized spacial score (nSPS) is 24.1. The minimum atomic E-state index is 0.515. The van der Waals surface area contributed by atoms with Gasteiger partial charge in [0.2, 0.25) is 0 Å². The first-order chi connectivity index (χ1) is 9.61. The van der Waals surface area contributed by atoms with Gasteiger partial charge in [0.25, 0.3) is 0 Å². The van der Waals surface area contributed by atoms with E-state index in [2.05, 4.69) is 43.2 Å². The molecule has 0 aliphatic carbocycles. The Morgan fingerprint density at radius 2 is 2.15 bits per heavy atom. The number of nitrogens with one attached hydrogen (secondary N) is 1. The highest BCUT2D eigenvalue weighted by Gasteiger charge is 2.25. The number of hydrogen-bond acceptors (Lipinski definition) is 3. The summed E-state index contributed by atoms with van der Waals surface area (Å²) in [6, 6.07) is 9.48. The number of methoxy groups -OCH3 is 1. The third-order valence-electron chi connectivity index (χ3n) is 4.64. The second-order valence-electron chi connectivity index (χ2n) is 6.13. The molecule has 0 radical (unpaired) electrons. The lowest BCUT2D eigenvalue weighted by Gasteiger charge is -2.29. The number of hydrogen-bond donors (Lipinski definition) is 1. The third-order valence-corrected chi connectivity index (χ3v) is 4.64. The number of nitrogens with zero attached hydrogens (tertiary/aromatic N) is 1. The van der Waals surface area contributed by atoms with Gasteiger partial charge in [0.05, 0.1) is 7.11 Å². The van der Waals surface area contributed by atoms with Crippen molar-refractivity contribution in [2.75, 3.05) is 27.2 Å². The summed E-state index contributed by atoms with van der Waals surface area (Å²) >= 11 is 0. The number of likely N-dealkylation sites (N-methyl/N-ethyl adjacent to an activating group) is 1. The van der Waals surface area contributed by atoms with Crippen LogP contribution >= 0.6 is 0 Å². The average molecular weight is 276 g/mol. The molecule has 0 spiro atoms. The highest BCUT2D eigenvalue weighted by Crippen LogP contribution is 2.21. The fraction of sp³-hybridized carbons (Fsp3) is 0.647. The van der Waals surface area contributed by atoms with Crippen LogP contribution in [0.2, 0.25) is 0 Å². The van der Waals surface area contributed by atoms with Crippen molar-refractivity contribution in [1.82, 2.24) is 10.2 Å². The van der Waals surface area contributed by atoms with E-state index < -0.39 is 0 Å². The van der Waals surface area contributed by atoms with E-state index >= 15 is 0 Å². The molecular formula is C17H28N2O. The van der Waals surface area contributed by atoms with Crippen LogP contribution in [0.4, 0.5) is 0 Å². The quantitative estimate of drug-likeness (QED) is 0.864. The third kappa shape index (κ3) is 3.74. The summed E-state index contributed by atoms with van der Waals surface area (Å²) in [7, 11) is 3.98. The Kier molecular flexibility index (Phi) is 5.44. The van der Waals surface area contributed by atoms with E-state index in [-0.39, 0.29) is 0 Å². The van der Waals surface area contributed by atoms with Gasteiger partial charge in [-0.25, -0.2) is 0 Å². The summed E-state index contributed by atoms with van der Waals surface area (Å²) in [5.74, 6) is 1.79. The average Bonchev–Trinajstić information content (AvgIpc) is 2.84. The van der Waals surface area contributed by atoms with Gasteiger partial charge in [-0.1, -0.05) is 25.1 Å². The molecule has 3 unspecified atom stereocenters. The smallest absolute Gasteiger partial charge is 0.122 e. The van der Waals surface area contributed by atoms with E-state index in [0.29, 0.717) is 12.1 Å². The van der Waals surface area contributed by atoms with Gasteiger partial charge in [-0.3, -0.25) is 0 Å². The number of benzene rings is 1. The molecule has 1 saturated heterocycles. The summed E-state index contributed by atoms with van der Waals surface area (Å²) in [4.78, 5) is 2.46. The summed E-state index contributed by atoms with van der Waals surface area (Å²) < 4.78 is 5.45. The molecular weight excluding hydrogens is 248 g/mol. The van der Waals surface area contributed by atoms with Crippen molar-refractivity contribution in [1.29, 1.82) is 0 Å². The molecule has 112 valence electrons. The zero-order valence-electron chi connectivity index (χ0n) is 13.2. The predicted octanol–water partition coefficient (Wildman–Crippen LogP) is 2.56. The lowest BCUT2D eigenvalue weighted by Crippen LogP contribution is -2.42. The first kappa shape index (κ1) is 15.3. The van der Waals surface area contributed by atoms with Crippen LogP contribution in [-0.4, -0.2) is 44.2 Å². The van der Waals surface area contributed by atoms with Crippen LogP contribution in [-0.2, 0) is 6.42 Å². The van der Waals surface area contributed by atoms with Gasteiger partial charge in [-0.15, -0.1) is 0 Å². The van der Waals surface area contributed by atoms with Gasteiger partial charge in [0.1, 0.15) is 5.75 Å². The largest absolute Gasteiger partial charge is 0.496 e. The highest BCUT2D eigenvalue weighted by atomic mass is 16.5. The number of para-hydroxylation sites is 1. The van der Waals surface area contributed by atoms with Crippen LogP contribution in [0, 0.1) is 5.92 Å². The zero-order valence-corrected chi connectivity index (χ0v) is 13.2. The van der Waals surface area contributed by atoms with Crippen LogP contribution in [0.25, 0.3) is 0 Å². The highest BCUT2D eigenvalue weighted by molar-refractivity contribution is 5.33. The first-order valence-corrected chi connectivity index (χ1v) is 7.67. The lowest BCUT2D eigenvalue weighted by molar-refractivity contribution is 0.219. The Hall–Kier alpha value is -1.06. The van der Waals surface area contributed by atoms with E-state index in [1.54, 1.807) is 7.11 Å². The van der Waals surface area contributed by atoms with Crippen LogP contribution in [0.1, 0.15) is 25.8 Å². The maximum atomic E-state index is 5.45. The maximum Gasteiger partial charge on any atom is 0.122 e. The molecule has 0 saturated carbocycles. The van der Waals surface area contributed by atoms with Gasteiger partial charge in [0, 0.05) is 18.6 Å². The Balaban J connectivity index is 1.91. The Morgan fingerprint density at radius 3 is 2.80 bits per heavy atom. The molecule has 1 aromatic carbocycles. The molecule has 3 atom stereocenters. The molecule has 20 heavy (non-hydrogen) atoms. The molecule has 1 aliphatic rings. The standard InChI is InChI=1S/C17H28N2O/c1-13-9-10-18-16(13)12-19(3)14(2)11-15-7-5-6-8-17(15)20-4/h5-8,13-14,16,18H,9-12H2,1-4H3. The molecule has 0 aromatic heterocycles. The molecule has 1 aromatic rings. The SMILES string of the molecule is COc1ccccc1CC(C)N(C)CC1NCCC1C. The van der Waals surface area contributed by atoms with E-state index in [4.69, 9.17) is 4.74 Å². The van der Waals surface area contributed by atoms with Crippen LogP contribution in [0.3, 0.4) is 0 Å². The molecule has 2 rings (SSSR count). The van der Waals surface area contributed by atoms with Gasteiger partial charge in [-0.2, -0.15) is 0 Å². The van der Waals surface area contributed by atoms with Crippen LogP contribution < -0.4 is 10.1 Å². The summed E-state index contributed by atoms with van der Waals surface area (Å²) in [5, 5.41) is 3.61. The molecule has 0 bridgehead atoms. The van der Waals surface area contributed by atoms with Crippen molar-refractivity contribution in [3.8, 4) is 5.75 Å². The lowest BCUT2D eigenvalue weighted by atomic mass is 10.0. The van der Waals surface area contributed by atoms with Crippen molar-refractivity contribution in [2.45, 2.75) is 38.8 Å². The summed E-state index contributed by atoms with van der Waals surface area (Å²) in [6.07, 6.45) is 2.33. The Bertz CT molecular complexity index is 421.